The van der Waals surface area contributed by atoms with E-state index in [4.69, 9.17) is 5.73 Å². The number of hydrogen-bond acceptors (Lipinski definition) is 3. The van der Waals surface area contributed by atoms with Crippen LogP contribution in [0.15, 0.2) is 16.7 Å². The standard InChI is InChI=1S/C11H10BrF3N4/c1-5-9(16)6(2)19(18-5)10-8(11(13,14)15)3-7(12)4-17-10/h3-4H,16H2,1-2H3. The summed E-state index contributed by atoms with van der Waals surface area (Å²) in [5.41, 5.74) is 6.11. The number of aromatic nitrogens is 3. The van der Waals surface area contributed by atoms with Crippen LogP contribution in [0.1, 0.15) is 17.0 Å². The number of hydrogen-bond donors (Lipinski definition) is 1. The van der Waals surface area contributed by atoms with E-state index in [-0.39, 0.29) is 10.3 Å². The van der Waals surface area contributed by atoms with E-state index in [9.17, 15) is 13.2 Å². The molecule has 0 bridgehead atoms. The molecule has 2 heterocycles. The first kappa shape index (κ1) is 13.9. The lowest BCUT2D eigenvalue weighted by Gasteiger charge is -2.13. The summed E-state index contributed by atoms with van der Waals surface area (Å²) < 4.78 is 40.4. The highest BCUT2D eigenvalue weighted by Gasteiger charge is 2.36. The molecule has 2 aromatic heterocycles. The van der Waals surface area contributed by atoms with Gasteiger partial charge in [-0.3, -0.25) is 0 Å². The van der Waals surface area contributed by atoms with Gasteiger partial charge < -0.3 is 5.73 Å². The third kappa shape index (κ3) is 2.44. The molecule has 0 spiro atoms. The van der Waals surface area contributed by atoms with E-state index in [2.05, 4.69) is 26.0 Å². The van der Waals surface area contributed by atoms with E-state index < -0.39 is 11.7 Å². The molecule has 0 aliphatic rings. The predicted molar refractivity (Wildman–Crippen MR) is 67.9 cm³/mol. The second-order valence-corrected chi connectivity index (χ2v) is 4.93. The van der Waals surface area contributed by atoms with Crippen LogP contribution in [0.4, 0.5) is 18.9 Å². The third-order valence-electron chi connectivity index (χ3n) is 2.69. The van der Waals surface area contributed by atoms with Gasteiger partial charge in [0.15, 0.2) is 5.82 Å². The Morgan fingerprint density at radius 3 is 2.42 bits per heavy atom. The Labute approximate surface area is 115 Å². The molecule has 0 aromatic carbocycles. The van der Waals surface area contributed by atoms with E-state index in [1.165, 1.54) is 6.20 Å². The molecule has 19 heavy (non-hydrogen) atoms. The summed E-state index contributed by atoms with van der Waals surface area (Å²) in [7, 11) is 0. The maximum absolute atomic E-state index is 13.0. The van der Waals surface area contributed by atoms with Crippen LogP contribution >= 0.6 is 15.9 Å². The quantitative estimate of drug-likeness (QED) is 0.870. The van der Waals surface area contributed by atoms with Gasteiger partial charge >= 0.3 is 6.18 Å². The molecule has 0 radical (unpaired) electrons. The van der Waals surface area contributed by atoms with Gasteiger partial charge in [0, 0.05) is 10.7 Å². The highest BCUT2D eigenvalue weighted by molar-refractivity contribution is 9.10. The Kier molecular flexibility index (Phi) is 3.29. The minimum atomic E-state index is -4.52. The van der Waals surface area contributed by atoms with Crippen LogP contribution in [0.25, 0.3) is 5.82 Å². The summed E-state index contributed by atoms with van der Waals surface area (Å²) >= 11 is 2.98. The number of anilines is 1. The Bertz CT molecular complexity index is 634. The molecule has 0 saturated heterocycles. The van der Waals surface area contributed by atoms with Gasteiger partial charge in [-0.05, 0) is 35.8 Å². The zero-order valence-corrected chi connectivity index (χ0v) is 11.7. The maximum Gasteiger partial charge on any atom is 0.420 e. The normalized spacial score (nSPS) is 11.9. The third-order valence-corrected chi connectivity index (χ3v) is 3.12. The zero-order chi connectivity index (χ0) is 14.4. The van der Waals surface area contributed by atoms with Crippen LogP contribution in [0.3, 0.4) is 0 Å². The first-order valence-corrected chi connectivity index (χ1v) is 6.06. The van der Waals surface area contributed by atoms with Crippen molar-refractivity contribution >= 4 is 21.6 Å². The number of nitrogen functional groups attached to an aromatic ring is 1. The summed E-state index contributed by atoms with van der Waals surface area (Å²) in [4.78, 5) is 3.81. The van der Waals surface area contributed by atoms with Crippen molar-refractivity contribution in [2.24, 2.45) is 0 Å². The van der Waals surface area contributed by atoms with Gasteiger partial charge in [0.25, 0.3) is 0 Å². The molecule has 0 amide bonds. The van der Waals surface area contributed by atoms with Crippen molar-refractivity contribution < 1.29 is 13.2 Å². The van der Waals surface area contributed by atoms with E-state index >= 15 is 0 Å². The highest BCUT2D eigenvalue weighted by Crippen LogP contribution is 2.35. The lowest BCUT2D eigenvalue weighted by molar-refractivity contribution is -0.137. The fourth-order valence-corrected chi connectivity index (χ4v) is 2.00. The molecule has 4 nitrogen and oxygen atoms in total. The van der Waals surface area contributed by atoms with Crippen LogP contribution in [0.2, 0.25) is 0 Å². The molecule has 2 rings (SSSR count). The van der Waals surface area contributed by atoms with Gasteiger partial charge in [-0.25, -0.2) is 9.67 Å². The SMILES string of the molecule is Cc1nn(-c2ncc(Br)cc2C(F)(F)F)c(C)c1N. The molecule has 2 aromatic rings. The largest absolute Gasteiger partial charge is 0.420 e. The second-order valence-electron chi connectivity index (χ2n) is 4.02. The Morgan fingerprint density at radius 1 is 1.32 bits per heavy atom. The second kappa shape index (κ2) is 4.52. The first-order valence-electron chi connectivity index (χ1n) is 5.26. The summed E-state index contributed by atoms with van der Waals surface area (Å²) in [5, 5.41) is 4.00. The minimum absolute atomic E-state index is 0.248. The lowest BCUT2D eigenvalue weighted by atomic mass is 10.2. The van der Waals surface area contributed by atoms with E-state index in [1.807, 2.05) is 0 Å². The molecular weight excluding hydrogens is 325 g/mol. The summed E-state index contributed by atoms with van der Waals surface area (Å²) in [5.74, 6) is -0.284. The molecule has 102 valence electrons. The van der Waals surface area contributed by atoms with E-state index in [0.717, 1.165) is 10.7 Å². The molecule has 0 aliphatic carbocycles. The smallest absolute Gasteiger partial charge is 0.396 e. The molecule has 8 heteroatoms. The Balaban J connectivity index is 2.72. The maximum atomic E-state index is 13.0. The number of nitrogens with zero attached hydrogens (tertiary/aromatic N) is 3. The van der Waals surface area contributed by atoms with Crippen molar-refractivity contribution in [1.29, 1.82) is 0 Å². The molecular formula is C11H10BrF3N4. The molecule has 0 unspecified atom stereocenters. The molecule has 2 N–H and O–H groups in total. The fraction of sp³-hybridized carbons (Fsp3) is 0.273. The predicted octanol–water partition coefficient (Wildman–Crippen LogP) is 3.25. The topological polar surface area (TPSA) is 56.7 Å². The summed E-state index contributed by atoms with van der Waals surface area (Å²) in [6.07, 6.45) is -3.23. The molecule has 0 atom stereocenters. The van der Waals surface area contributed by atoms with Crippen molar-refractivity contribution in [3.8, 4) is 5.82 Å². The number of alkyl halides is 3. The van der Waals surface area contributed by atoms with E-state index in [0.29, 0.717) is 17.1 Å². The number of halogens is 4. The van der Waals surface area contributed by atoms with Gasteiger partial charge in [0.1, 0.15) is 5.56 Å². The number of nitrogens with two attached hydrogens (primary N) is 1. The van der Waals surface area contributed by atoms with Crippen molar-refractivity contribution in [1.82, 2.24) is 14.8 Å². The van der Waals surface area contributed by atoms with Gasteiger partial charge in [0.05, 0.1) is 17.1 Å². The van der Waals surface area contributed by atoms with Crippen LogP contribution in [0, 0.1) is 13.8 Å². The highest BCUT2D eigenvalue weighted by atomic mass is 79.9. The lowest BCUT2D eigenvalue weighted by Crippen LogP contribution is -2.14. The van der Waals surface area contributed by atoms with Gasteiger partial charge in [0.2, 0.25) is 0 Å². The number of rotatable bonds is 1. The van der Waals surface area contributed by atoms with Gasteiger partial charge in [-0.1, -0.05) is 0 Å². The van der Waals surface area contributed by atoms with E-state index in [1.54, 1.807) is 13.8 Å². The molecule has 0 fully saturated rings. The van der Waals surface area contributed by atoms with Gasteiger partial charge in [-0.15, -0.1) is 0 Å². The number of aryl methyl sites for hydroxylation is 1. The van der Waals surface area contributed by atoms with Crippen molar-refractivity contribution in [2.45, 2.75) is 20.0 Å². The number of pyridine rings is 1. The molecule has 0 aliphatic heterocycles. The van der Waals surface area contributed by atoms with Crippen molar-refractivity contribution in [3.63, 3.8) is 0 Å². The van der Waals surface area contributed by atoms with Crippen LogP contribution in [-0.2, 0) is 6.18 Å². The average Bonchev–Trinajstić information content (AvgIpc) is 2.56. The van der Waals surface area contributed by atoms with Crippen LogP contribution in [0.5, 0.6) is 0 Å². The first-order chi connectivity index (χ1) is 8.71. The average molecular weight is 335 g/mol. The van der Waals surface area contributed by atoms with Crippen molar-refractivity contribution in [2.75, 3.05) is 5.73 Å². The van der Waals surface area contributed by atoms with Crippen LogP contribution in [-0.4, -0.2) is 14.8 Å². The molecule has 0 saturated carbocycles. The Hall–Kier alpha value is -1.57. The monoisotopic (exact) mass is 334 g/mol. The van der Waals surface area contributed by atoms with Gasteiger partial charge in [-0.2, -0.15) is 18.3 Å². The summed E-state index contributed by atoms with van der Waals surface area (Å²) in [6, 6.07) is 0.967. The fourth-order valence-electron chi connectivity index (χ4n) is 1.67. The van der Waals surface area contributed by atoms with Crippen LogP contribution < -0.4 is 5.73 Å². The van der Waals surface area contributed by atoms with Crippen molar-refractivity contribution in [3.05, 3.63) is 33.7 Å². The Morgan fingerprint density at radius 2 is 1.95 bits per heavy atom. The zero-order valence-electron chi connectivity index (χ0n) is 10.1. The summed E-state index contributed by atoms with van der Waals surface area (Å²) in [6.45, 7) is 3.23. The minimum Gasteiger partial charge on any atom is -0.396 e.